The average Bonchev–Trinajstić information content (AvgIpc) is 3.35. The number of rotatable bonds is 4. The van der Waals surface area contributed by atoms with E-state index in [0.29, 0.717) is 17.0 Å². The molecule has 0 aliphatic heterocycles. The number of furan rings is 1. The van der Waals surface area contributed by atoms with Gasteiger partial charge in [0.2, 0.25) is 5.89 Å². The number of hydrogen-bond donors (Lipinski definition) is 1. The summed E-state index contributed by atoms with van der Waals surface area (Å²) in [5, 5.41) is 10.8. The lowest BCUT2D eigenvalue weighted by atomic mass is 10.1. The van der Waals surface area contributed by atoms with Crippen LogP contribution in [0.5, 0.6) is 0 Å². The van der Waals surface area contributed by atoms with Gasteiger partial charge in [0.05, 0.1) is 22.5 Å². The molecule has 0 fully saturated rings. The number of aromatic nitrogens is 2. The molecule has 0 atom stereocenters. The van der Waals surface area contributed by atoms with Gasteiger partial charge < -0.3 is 14.2 Å². The molecule has 0 saturated heterocycles. The molecule has 4 aromatic rings. The fourth-order valence-corrected chi connectivity index (χ4v) is 2.59. The minimum atomic E-state index is -0.623. The van der Waals surface area contributed by atoms with Crippen LogP contribution in [0.4, 0.5) is 10.1 Å². The van der Waals surface area contributed by atoms with E-state index < -0.39 is 11.7 Å². The molecule has 0 aliphatic carbocycles. The van der Waals surface area contributed by atoms with Crippen LogP contribution in [0.1, 0.15) is 10.4 Å². The van der Waals surface area contributed by atoms with Gasteiger partial charge in [-0.15, -0.1) is 10.2 Å². The van der Waals surface area contributed by atoms with E-state index in [9.17, 15) is 9.18 Å². The zero-order valence-electron chi connectivity index (χ0n) is 13.6. The molecule has 27 heavy (non-hydrogen) atoms. The molecular weight excluding hydrogens is 373 g/mol. The zero-order chi connectivity index (χ0) is 18.8. The van der Waals surface area contributed by atoms with Crippen LogP contribution in [0.25, 0.3) is 23.1 Å². The van der Waals surface area contributed by atoms with Gasteiger partial charge in [-0.05, 0) is 42.5 Å². The third-order valence-electron chi connectivity index (χ3n) is 3.74. The Kier molecular flexibility index (Phi) is 4.43. The van der Waals surface area contributed by atoms with Crippen molar-refractivity contribution in [3.8, 4) is 23.1 Å². The molecule has 0 bridgehead atoms. The smallest absolute Gasteiger partial charge is 0.283 e. The number of carbonyl (C=O) groups is 1. The summed E-state index contributed by atoms with van der Waals surface area (Å²) in [7, 11) is 0. The molecule has 0 radical (unpaired) electrons. The molecule has 2 aromatic carbocycles. The van der Waals surface area contributed by atoms with E-state index in [1.807, 2.05) is 0 Å². The van der Waals surface area contributed by atoms with E-state index in [1.54, 1.807) is 36.4 Å². The maximum Gasteiger partial charge on any atom is 0.283 e. The second kappa shape index (κ2) is 7.05. The van der Waals surface area contributed by atoms with Gasteiger partial charge in [0.1, 0.15) is 5.82 Å². The number of amides is 1. The van der Waals surface area contributed by atoms with E-state index in [4.69, 9.17) is 20.4 Å². The highest BCUT2D eigenvalue weighted by molar-refractivity contribution is 6.34. The number of carbonyl (C=O) groups excluding carboxylic acids is 1. The minimum Gasteiger partial charge on any atom is -0.459 e. The molecule has 0 aliphatic rings. The molecule has 2 aromatic heterocycles. The number of nitrogens with one attached hydrogen (secondary N) is 1. The Hall–Kier alpha value is -3.45. The standard InChI is InChI=1S/C19H11ClFN3O3/c20-13-8-7-11(18-23-24-19(27-18)16-6-3-9-26-16)10-15(13)22-17(25)12-4-1-2-5-14(12)21/h1-10H,(H,22,25). The van der Waals surface area contributed by atoms with Gasteiger partial charge in [0, 0.05) is 5.56 Å². The van der Waals surface area contributed by atoms with Crippen molar-refractivity contribution in [3.05, 3.63) is 77.3 Å². The van der Waals surface area contributed by atoms with Gasteiger partial charge in [-0.1, -0.05) is 23.7 Å². The highest BCUT2D eigenvalue weighted by atomic mass is 35.5. The number of anilines is 1. The summed E-state index contributed by atoms with van der Waals surface area (Å²) in [5.74, 6) is -0.353. The van der Waals surface area contributed by atoms with Crippen molar-refractivity contribution >= 4 is 23.2 Å². The van der Waals surface area contributed by atoms with E-state index in [2.05, 4.69) is 15.5 Å². The van der Waals surface area contributed by atoms with Crippen molar-refractivity contribution in [2.75, 3.05) is 5.32 Å². The normalized spacial score (nSPS) is 10.7. The van der Waals surface area contributed by atoms with Gasteiger partial charge >= 0.3 is 0 Å². The van der Waals surface area contributed by atoms with Crippen LogP contribution in [0.15, 0.2) is 69.7 Å². The maximum absolute atomic E-state index is 13.8. The van der Waals surface area contributed by atoms with Crippen LogP contribution in [-0.4, -0.2) is 16.1 Å². The zero-order valence-corrected chi connectivity index (χ0v) is 14.4. The van der Waals surface area contributed by atoms with Gasteiger partial charge in [-0.3, -0.25) is 4.79 Å². The Morgan fingerprint density at radius 3 is 2.63 bits per heavy atom. The number of hydrogen-bond acceptors (Lipinski definition) is 5. The summed E-state index contributed by atoms with van der Waals surface area (Å²) in [6.45, 7) is 0. The maximum atomic E-state index is 13.8. The highest BCUT2D eigenvalue weighted by Crippen LogP contribution is 2.30. The lowest BCUT2D eigenvalue weighted by Crippen LogP contribution is -2.14. The topological polar surface area (TPSA) is 81.2 Å². The van der Waals surface area contributed by atoms with Crippen molar-refractivity contribution in [2.45, 2.75) is 0 Å². The molecule has 2 heterocycles. The van der Waals surface area contributed by atoms with E-state index >= 15 is 0 Å². The molecule has 1 amide bonds. The Morgan fingerprint density at radius 2 is 1.85 bits per heavy atom. The van der Waals surface area contributed by atoms with E-state index in [-0.39, 0.29) is 22.4 Å². The summed E-state index contributed by atoms with van der Waals surface area (Å²) in [5.41, 5.74) is 0.741. The van der Waals surface area contributed by atoms with Crippen LogP contribution < -0.4 is 5.32 Å². The third kappa shape index (κ3) is 3.45. The Labute approximate surface area is 157 Å². The van der Waals surface area contributed by atoms with Crippen molar-refractivity contribution in [2.24, 2.45) is 0 Å². The molecule has 134 valence electrons. The number of nitrogens with zero attached hydrogens (tertiary/aromatic N) is 2. The first-order valence-corrected chi connectivity index (χ1v) is 8.23. The quantitative estimate of drug-likeness (QED) is 0.533. The van der Waals surface area contributed by atoms with Crippen LogP contribution >= 0.6 is 11.6 Å². The minimum absolute atomic E-state index is 0.0862. The predicted octanol–water partition coefficient (Wildman–Crippen LogP) is 5.04. The first-order valence-electron chi connectivity index (χ1n) is 7.85. The molecule has 8 heteroatoms. The van der Waals surface area contributed by atoms with Crippen molar-refractivity contribution < 1.29 is 18.0 Å². The van der Waals surface area contributed by atoms with Crippen LogP contribution in [-0.2, 0) is 0 Å². The fraction of sp³-hybridized carbons (Fsp3) is 0. The largest absolute Gasteiger partial charge is 0.459 e. The predicted molar refractivity (Wildman–Crippen MR) is 96.8 cm³/mol. The van der Waals surface area contributed by atoms with Crippen LogP contribution in [0.3, 0.4) is 0 Å². The molecule has 0 unspecified atom stereocenters. The molecule has 6 nitrogen and oxygen atoms in total. The van der Waals surface area contributed by atoms with Gasteiger partial charge in [-0.25, -0.2) is 4.39 Å². The second-order valence-electron chi connectivity index (χ2n) is 5.52. The Bertz CT molecular complexity index is 1110. The lowest BCUT2D eigenvalue weighted by molar-refractivity contribution is 0.102. The summed E-state index contributed by atoms with van der Waals surface area (Å²) >= 11 is 6.15. The summed E-state index contributed by atoms with van der Waals surface area (Å²) < 4.78 is 24.6. The molecular formula is C19H11ClFN3O3. The number of halogens is 2. The molecule has 0 saturated carbocycles. The summed E-state index contributed by atoms with van der Waals surface area (Å²) in [6, 6.07) is 13.9. The Balaban J connectivity index is 1.62. The fourth-order valence-electron chi connectivity index (χ4n) is 2.43. The van der Waals surface area contributed by atoms with Crippen molar-refractivity contribution in [1.82, 2.24) is 10.2 Å². The van der Waals surface area contributed by atoms with Crippen LogP contribution in [0.2, 0.25) is 5.02 Å². The molecule has 4 rings (SSSR count). The number of benzene rings is 2. The van der Waals surface area contributed by atoms with Gasteiger partial charge in [0.25, 0.3) is 11.8 Å². The second-order valence-corrected chi connectivity index (χ2v) is 5.93. The van der Waals surface area contributed by atoms with Gasteiger partial charge in [-0.2, -0.15) is 0 Å². The van der Waals surface area contributed by atoms with E-state index in [0.717, 1.165) is 0 Å². The molecule has 1 N–H and O–H groups in total. The van der Waals surface area contributed by atoms with Crippen molar-refractivity contribution in [3.63, 3.8) is 0 Å². The molecule has 0 spiro atoms. The third-order valence-corrected chi connectivity index (χ3v) is 4.07. The first kappa shape index (κ1) is 17.0. The summed E-state index contributed by atoms with van der Waals surface area (Å²) in [6.07, 6.45) is 1.50. The summed E-state index contributed by atoms with van der Waals surface area (Å²) in [4.78, 5) is 12.3. The first-order chi connectivity index (χ1) is 13.1. The highest BCUT2D eigenvalue weighted by Gasteiger charge is 2.16. The van der Waals surface area contributed by atoms with Crippen molar-refractivity contribution in [1.29, 1.82) is 0 Å². The SMILES string of the molecule is O=C(Nc1cc(-c2nnc(-c3ccco3)o2)ccc1Cl)c1ccccc1F. The van der Waals surface area contributed by atoms with Gasteiger partial charge in [0.15, 0.2) is 5.76 Å². The Morgan fingerprint density at radius 1 is 1.04 bits per heavy atom. The average molecular weight is 384 g/mol. The van der Waals surface area contributed by atoms with E-state index in [1.165, 1.54) is 24.5 Å². The monoisotopic (exact) mass is 383 g/mol. The lowest BCUT2D eigenvalue weighted by Gasteiger charge is -2.09. The van der Waals surface area contributed by atoms with Crippen LogP contribution in [0, 0.1) is 5.82 Å².